The lowest BCUT2D eigenvalue weighted by Gasteiger charge is -2.09. The molecule has 3 rings (SSSR count). The van der Waals surface area contributed by atoms with E-state index >= 15 is 0 Å². The number of nitrogens with zero attached hydrogens (tertiary/aromatic N) is 2. The van der Waals surface area contributed by atoms with Crippen LogP contribution in [0.1, 0.15) is 29.9 Å². The molecule has 6 heteroatoms. The highest BCUT2D eigenvalue weighted by molar-refractivity contribution is 5.89. The van der Waals surface area contributed by atoms with Gasteiger partial charge in [0.1, 0.15) is 18.0 Å². The average Bonchev–Trinajstić information content (AvgIpc) is 2.60. The Morgan fingerprint density at radius 1 is 1.16 bits per heavy atom. The summed E-state index contributed by atoms with van der Waals surface area (Å²) in [4.78, 5) is 28.2. The molecule has 0 radical (unpaired) electrons. The monoisotopic (exact) mass is 338 g/mol. The molecule has 25 heavy (non-hydrogen) atoms. The van der Waals surface area contributed by atoms with E-state index in [0.29, 0.717) is 22.7 Å². The van der Waals surface area contributed by atoms with Crippen LogP contribution in [0.5, 0.6) is 5.75 Å². The van der Waals surface area contributed by atoms with E-state index in [1.165, 1.54) is 10.5 Å². The van der Waals surface area contributed by atoms with Crippen molar-refractivity contribution >= 4 is 11.6 Å². The lowest BCUT2D eigenvalue weighted by molar-refractivity contribution is 0.0378. The number of pyridine rings is 1. The first-order valence-corrected chi connectivity index (χ1v) is 7.94. The minimum absolute atomic E-state index is 0.157. The molecule has 0 bridgehead atoms. The molecule has 0 aliphatic carbocycles. The van der Waals surface area contributed by atoms with Crippen molar-refractivity contribution in [3.8, 4) is 5.75 Å². The quantitative estimate of drug-likeness (QED) is 0.669. The van der Waals surface area contributed by atoms with Gasteiger partial charge < -0.3 is 9.47 Å². The molecule has 0 aliphatic heterocycles. The van der Waals surface area contributed by atoms with Gasteiger partial charge in [-0.2, -0.15) is 0 Å². The molecule has 128 valence electrons. The van der Waals surface area contributed by atoms with Crippen LogP contribution in [0.25, 0.3) is 5.65 Å². The van der Waals surface area contributed by atoms with Crippen LogP contribution in [0.4, 0.5) is 0 Å². The Labute approximate surface area is 144 Å². The maximum Gasteiger partial charge on any atom is 0.338 e. The molecule has 2 heterocycles. The fourth-order valence-electron chi connectivity index (χ4n) is 2.30. The number of ether oxygens (including phenoxy) is 2. The van der Waals surface area contributed by atoms with Crippen molar-refractivity contribution in [2.45, 2.75) is 26.6 Å². The Morgan fingerprint density at radius 3 is 2.64 bits per heavy atom. The van der Waals surface area contributed by atoms with Gasteiger partial charge in [-0.1, -0.05) is 6.07 Å². The van der Waals surface area contributed by atoms with Gasteiger partial charge in [0.15, 0.2) is 0 Å². The fourth-order valence-corrected chi connectivity index (χ4v) is 2.30. The molecule has 0 fully saturated rings. The second kappa shape index (κ2) is 7.17. The zero-order chi connectivity index (χ0) is 17.8. The van der Waals surface area contributed by atoms with Gasteiger partial charge in [0.2, 0.25) is 0 Å². The minimum Gasteiger partial charge on any atom is -0.487 e. The van der Waals surface area contributed by atoms with E-state index in [-0.39, 0.29) is 24.2 Å². The van der Waals surface area contributed by atoms with Crippen molar-refractivity contribution in [2.24, 2.45) is 0 Å². The van der Waals surface area contributed by atoms with Crippen molar-refractivity contribution in [3.05, 3.63) is 76.3 Å². The van der Waals surface area contributed by atoms with Crippen LogP contribution in [-0.4, -0.2) is 21.5 Å². The van der Waals surface area contributed by atoms with E-state index in [0.717, 1.165) is 0 Å². The summed E-state index contributed by atoms with van der Waals surface area (Å²) in [7, 11) is 0. The summed E-state index contributed by atoms with van der Waals surface area (Å²) in [5.41, 5.74) is 1.42. The van der Waals surface area contributed by atoms with Crippen LogP contribution < -0.4 is 10.3 Å². The predicted molar refractivity (Wildman–Crippen MR) is 92.8 cm³/mol. The fraction of sp³-hybridized carbons (Fsp3) is 0.211. The molecule has 2 aromatic heterocycles. The number of aromatic nitrogens is 2. The van der Waals surface area contributed by atoms with Gasteiger partial charge in [-0.3, -0.25) is 9.20 Å². The summed E-state index contributed by atoms with van der Waals surface area (Å²) in [5.74, 6) is 0.210. The molecule has 0 amide bonds. The van der Waals surface area contributed by atoms with Crippen LogP contribution in [-0.2, 0) is 11.3 Å². The number of fused-ring (bicyclic) bond motifs is 1. The highest BCUT2D eigenvalue weighted by Gasteiger charge is 2.09. The smallest absolute Gasteiger partial charge is 0.338 e. The molecular formula is C19H18N2O4. The molecular weight excluding hydrogens is 320 g/mol. The zero-order valence-electron chi connectivity index (χ0n) is 14.0. The second-order valence-corrected chi connectivity index (χ2v) is 5.78. The van der Waals surface area contributed by atoms with E-state index in [2.05, 4.69) is 4.98 Å². The average molecular weight is 338 g/mol. The minimum atomic E-state index is -0.370. The summed E-state index contributed by atoms with van der Waals surface area (Å²) in [5, 5.41) is 0. The topological polar surface area (TPSA) is 69.9 Å². The van der Waals surface area contributed by atoms with Crippen LogP contribution >= 0.6 is 0 Å². The zero-order valence-corrected chi connectivity index (χ0v) is 14.0. The first-order valence-electron chi connectivity index (χ1n) is 7.94. The second-order valence-electron chi connectivity index (χ2n) is 5.78. The van der Waals surface area contributed by atoms with Gasteiger partial charge in [0.05, 0.1) is 17.4 Å². The first-order chi connectivity index (χ1) is 12.0. The maximum absolute atomic E-state index is 12.0. The number of hydrogen-bond donors (Lipinski definition) is 0. The molecule has 0 aliphatic rings. The highest BCUT2D eigenvalue weighted by Crippen LogP contribution is 2.15. The van der Waals surface area contributed by atoms with Crippen molar-refractivity contribution in [2.75, 3.05) is 0 Å². The van der Waals surface area contributed by atoms with E-state index in [1.54, 1.807) is 56.4 Å². The SMILES string of the molecule is CC(C)OC(=O)c1ccc(OCc2cc(=O)n3ccccc3n2)cc1. The molecule has 0 atom stereocenters. The number of benzene rings is 1. The Morgan fingerprint density at radius 2 is 1.92 bits per heavy atom. The normalized spacial score (nSPS) is 10.8. The Hall–Kier alpha value is -3.15. The third-order valence-electron chi connectivity index (χ3n) is 3.44. The lowest BCUT2D eigenvalue weighted by atomic mass is 10.2. The van der Waals surface area contributed by atoms with E-state index in [4.69, 9.17) is 9.47 Å². The van der Waals surface area contributed by atoms with Gasteiger partial charge in [-0.25, -0.2) is 9.78 Å². The number of hydrogen-bond acceptors (Lipinski definition) is 5. The molecule has 3 aromatic rings. The first kappa shape index (κ1) is 16.7. The number of esters is 1. The number of carbonyl (C=O) groups is 1. The van der Waals surface area contributed by atoms with Crippen LogP contribution in [0.3, 0.4) is 0 Å². The van der Waals surface area contributed by atoms with E-state index in [1.807, 2.05) is 6.07 Å². The van der Waals surface area contributed by atoms with Crippen molar-refractivity contribution in [1.29, 1.82) is 0 Å². The molecule has 1 aromatic carbocycles. The van der Waals surface area contributed by atoms with E-state index in [9.17, 15) is 9.59 Å². The summed E-state index contributed by atoms with van der Waals surface area (Å²) < 4.78 is 12.3. The third-order valence-corrected chi connectivity index (χ3v) is 3.44. The van der Waals surface area contributed by atoms with Crippen LogP contribution in [0.2, 0.25) is 0 Å². The predicted octanol–water partition coefficient (Wildman–Crippen LogP) is 2.84. The molecule has 6 nitrogen and oxygen atoms in total. The van der Waals surface area contributed by atoms with Gasteiger partial charge >= 0.3 is 5.97 Å². The molecule has 0 N–H and O–H groups in total. The Bertz CT molecular complexity index is 946. The summed E-state index contributed by atoms with van der Waals surface area (Å²) >= 11 is 0. The largest absolute Gasteiger partial charge is 0.487 e. The molecule has 0 saturated carbocycles. The maximum atomic E-state index is 12.0. The van der Waals surface area contributed by atoms with Crippen molar-refractivity contribution in [1.82, 2.24) is 9.38 Å². The third kappa shape index (κ3) is 4.03. The summed E-state index contributed by atoms with van der Waals surface area (Å²) in [6.45, 7) is 3.76. The molecule has 0 unspecified atom stereocenters. The van der Waals surface area contributed by atoms with Crippen molar-refractivity contribution in [3.63, 3.8) is 0 Å². The van der Waals surface area contributed by atoms with Gasteiger partial charge in [-0.05, 0) is 50.2 Å². The standard InChI is InChI=1S/C19H18N2O4/c1-13(2)25-19(23)14-6-8-16(9-7-14)24-12-15-11-18(22)21-10-4-3-5-17(21)20-15/h3-11,13H,12H2,1-2H3. The number of carbonyl (C=O) groups excluding carboxylic acids is 1. The van der Waals surface area contributed by atoms with Crippen molar-refractivity contribution < 1.29 is 14.3 Å². The van der Waals surface area contributed by atoms with Gasteiger partial charge in [0.25, 0.3) is 5.56 Å². The molecule has 0 spiro atoms. The van der Waals surface area contributed by atoms with E-state index < -0.39 is 0 Å². The van der Waals surface area contributed by atoms with Crippen LogP contribution in [0, 0.1) is 0 Å². The van der Waals surface area contributed by atoms with Crippen LogP contribution in [0.15, 0.2) is 59.5 Å². The van der Waals surface area contributed by atoms with Gasteiger partial charge in [0, 0.05) is 12.3 Å². The molecule has 0 saturated heterocycles. The Kier molecular flexibility index (Phi) is 4.79. The Balaban J connectivity index is 1.69. The lowest BCUT2D eigenvalue weighted by Crippen LogP contribution is -2.16. The summed E-state index contributed by atoms with van der Waals surface area (Å²) in [6.07, 6.45) is 1.51. The highest BCUT2D eigenvalue weighted by atomic mass is 16.5. The van der Waals surface area contributed by atoms with Gasteiger partial charge in [-0.15, -0.1) is 0 Å². The summed E-state index contributed by atoms with van der Waals surface area (Å²) in [6, 6.07) is 13.5. The number of rotatable bonds is 5.